The van der Waals surface area contributed by atoms with Gasteiger partial charge in [-0.3, -0.25) is 4.98 Å². The van der Waals surface area contributed by atoms with Crippen molar-refractivity contribution in [2.24, 2.45) is 0 Å². The number of fused-ring (bicyclic) bond motifs is 2. The van der Waals surface area contributed by atoms with Crippen molar-refractivity contribution in [1.29, 1.82) is 0 Å². The number of aromatic nitrogens is 3. The van der Waals surface area contributed by atoms with Crippen LogP contribution in [0.1, 0.15) is 0 Å². The van der Waals surface area contributed by atoms with Gasteiger partial charge in [-0.05, 0) is 28.5 Å². The van der Waals surface area contributed by atoms with Gasteiger partial charge < -0.3 is 5.73 Å². The van der Waals surface area contributed by atoms with Gasteiger partial charge in [0.15, 0.2) is 0 Å². The van der Waals surface area contributed by atoms with Crippen LogP contribution in [0.5, 0.6) is 0 Å². The Labute approximate surface area is 114 Å². The van der Waals surface area contributed by atoms with E-state index in [4.69, 9.17) is 10.4 Å². The lowest BCUT2D eigenvalue weighted by atomic mass is 10.00. The fraction of sp³-hybridized carbons (Fsp3) is 0. The third-order valence-corrected chi connectivity index (χ3v) is 3.31. The zero-order chi connectivity index (χ0) is 13.5. The van der Waals surface area contributed by atoms with Crippen molar-refractivity contribution >= 4 is 27.6 Å². The molecule has 2 aromatic heterocycles. The number of rotatable bonds is 1. The lowest BCUT2D eigenvalue weighted by molar-refractivity contribution is 0.315. The topological polar surface area (TPSA) is 77.8 Å². The Morgan fingerprint density at radius 3 is 2.75 bits per heavy atom. The molecule has 5 heteroatoms. The maximum Gasteiger partial charge on any atom is 0.143 e. The summed E-state index contributed by atoms with van der Waals surface area (Å²) in [7, 11) is 0. The van der Waals surface area contributed by atoms with Crippen molar-refractivity contribution in [3.63, 3.8) is 0 Å². The molecule has 20 heavy (non-hydrogen) atoms. The van der Waals surface area contributed by atoms with E-state index in [9.17, 15) is 0 Å². The molecule has 0 spiro atoms. The van der Waals surface area contributed by atoms with Gasteiger partial charge in [-0.15, -0.1) is 0 Å². The molecule has 0 saturated heterocycles. The molecule has 4 aromatic rings. The summed E-state index contributed by atoms with van der Waals surface area (Å²) in [5.41, 5.74) is 10.7. The summed E-state index contributed by atoms with van der Waals surface area (Å²) < 4.78 is 4.82. The smallest absolute Gasteiger partial charge is 0.143 e. The fourth-order valence-corrected chi connectivity index (χ4v) is 2.44. The Hall–Kier alpha value is -2.95. The molecule has 0 aliphatic rings. The highest BCUT2D eigenvalue weighted by molar-refractivity contribution is 6.02. The highest BCUT2D eigenvalue weighted by Gasteiger charge is 2.13. The second-order valence-electron chi connectivity index (χ2n) is 4.58. The lowest BCUT2D eigenvalue weighted by Gasteiger charge is -2.06. The molecule has 2 heterocycles. The van der Waals surface area contributed by atoms with E-state index in [1.54, 1.807) is 12.3 Å². The number of anilines is 1. The van der Waals surface area contributed by atoms with Gasteiger partial charge in [-0.1, -0.05) is 24.3 Å². The molecule has 0 aliphatic carbocycles. The minimum Gasteiger partial charge on any atom is -0.399 e. The first kappa shape index (κ1) is 10.9. The van der Waals surface area contributed by atoms with Crippen LogP contribution in [0.2, 0.25) is 0 Å². The second kappa shape index (κ2) is 4.03. The molecule has 2 N–H and O–H groups in total. The van der Waals surface area contributed by atoms with Gasteiger partial charge >= 0.3 is 0 Å². The summed E-state index contributed by atoms with van der Waals surface area (Å²) in [5.74, 6) is 0. The molecule has 0 unspecified atom stereocenters. The first-order chi connectivity index (χ1) is 9.83. The Bertz CT molecular complexity index is 924. The maximum atomic E-state index is 5.94. The van der Waals surface area contributed by atoms with Gasteiger partial charge in [0.2, 0.25) is 0 Å². The van der Waals surface area contributed by atoms with E-state index < -0.39 is 0 Å². The molecule has 0 fully saturated rings. The van der Waals surface area contributed by atoms with Crippen molar-refractivity contribution in [2.75, 3.05) is 5.73 Å². The van der Waals surface area contributed by atoms with E-state index in [2.05, 4.69) is 15.3 Å². The minimum absolute atomic E-state index is 0.621. The number of para-hydroxylation sites is 1. The normalized spacial score (nSPS) is 11.2. The van der Waals surface area contributed by atoms with E-state index in [-0.39, 0.29) is 0 Å². The maximum absolute atomic E-state index is 5.94. The highest BCUT2D eigenvalue weighted by Crippen LogP contribution is 2.33. The van der Waals surface area contributed by atoms with E-state index >= 15 is 0 Å². The van der Waals surface area contributed by atoms with Gasteiger partial charge in [0.1, 0.15) is 11.0 Å². The van der Waals surface area contributed by atoms with Crippen molar-refractivity contribution < 1.29 is 4.63 Å². The molecule has 4 rings (SSSR count). The summed E-state index contributed by atoms with van der Waals surface area (Å²) in [6.07, 6.45) is 1.77. The average molecular weight is 262 g/mol. The molecule has 0 saturated carbocycles. The largest absolute Gasteiger partial charge is 0.399 e. The van der Waals surface area contributed by atoms with Gasteiger partial charge in [0.25, 0.3) is 0 Å². The van der Waals surface area contributed by atoms with E-state index in [1.807, 2.05) is 36.4 Å². The molecule has 0 aliphatic heterocycles. The van der Waals surface area contributed by atoms with Crippen LogP contribution in [-0.4, -0.2) is 15.3 Å². The summed E-state index contributed by atoms with van der Waals surface area (Å²) in [6.45, 7) is 0. The lowest BCUT2D eigenvalue weighted by Crippen LogP contribution is -1.90. The summed E-state index contributed by atoms with van der Waals surface area (Å²) >= 11 is 0. The Morgan fingerprint density at radius 1 is 0.900 bits per heavy atom. The minimum atomic E-state index is 0.621. The summed E-state index contributed by atoms with van der Waals surface area (Å²) in [6, 6.07) is 13.6. The SMILES string of the molecule is Nc1cc(-c2cccc3cccnc23)c2nonc2c1. The van der Waals surface area contributed by atoms with E-state index in [0.29, 0.717) is 16.7 Å². The van der Waals surface area contributed by atoms with Crippen molar-refractivity contribution in [2.45, 2.75) is 0 Å². The molecular weight excluding hydrogens is 252 g/mol. The van der Waals surface area contributed by atoms with E-state index in [1.165, 1.54) is 0 Å². The third kappa shape index (κ3) is 1.53. The van der Waals surface area contributed by atoms with Gasteiger partial charge in [0.05, 0.1) is 5.52 Å². The van der Waals surface area contributed by atoms with Crippen molar-refractivity contribution in [1.82, 2.24) is 15.3 Å². The monoisotopic (exact) mass is 262 g/mol. The Kier molecular flexibility index (Phi) is 2.20. The number of hydrogen-bond acceptors (Lipinski definition) is 5. The molecule has 2 aromatic carbocycles. The van der Waals surface area contributed by atoms with Crippen LogP contribution < -0.4 is 5.73 Å². The number of nitrogen functional groups attached to an aromatic ring is 1. The molecule has 0 amide bonds. The molecular formula is C15H10N4O. The van der Waals surface area contributed by atoms with Gasteiger partial charge in [-0.2, -0.15) is 0 Å². The Morgan fingerprint density at radius 2 is 1.80 bits per heavy atom. The molecule has 0 bridgehead atoms. The first-order valence-electron chi connectivity index (χ1n) is 6.19. The highest BCUT2D eigenvalue weighted by atomic mass is 16.6. The van der Waals surface area contributed by atoms with Crippen molar-refractivity contribution in [3.8, 4) is 11.1 Å². The quantitative estimate of drug-likeness (QED) is 0.533. The molecule has 0 radical (unpaired) electrons. The average Bonchev–Trinajstić information content (AvgIpc) is 2.94. The van der Waals surface area contributed by atoms with Crippen LogP contribution >= 0.6 is 0 Å². The molecule has 5 nitrogen and oxygen atoms in total. The third-order valence-electron chi connectivity index (χ3n) is 3.31. The van der Waals surface area contributed by atoms with Gasteiger partial charge in [-0.25, -0.2) is 4.63 Å². The van der Waals surface area contributed by atoms with Gasteiger partial charge in [0, 0.05) is 28.4 Å². The van der Waals surface area contributed by atoms with Crippen LogP contribution in [0.15, 0.2) is 53.3 Å². The standard InChI is InChI=1S/C15H10N4O/c16-10-7-12(15-13(8-10)18-20-19-15)11-5-1-3-9-4-2-6-17-14(9)11/h1-8H,16H2. The number of nitrogens with zero attached hydrogens (tertiary/aromatic N) is 3. The number of hydrogen-bond donors (Lipinski definition) is 1. The van der Waals surface area contributed by atoms with E-state index in [0.717, 1.165) is 22.0 Å². The summed E-state index contributed by atoms with van der Waals surface area (Å²) in [5, 5.41) is 8.90. The molecule has 96 valence electrons. The zero-order valence-electron chi connectivity index (χ0n) is 10.4. The second-order valence-corrected chi connectivity index (χ2v) is 4.58. The Balaban J connectivity index is 2.14. The molecule has 0 atom stereocenters. The zero-order valence-corrected chi connectivity index (χ0v) is 10.4. The van der Waals surface area contributed by atoms with Crippen molar-refractivity contribution in [3.05, 3.63) is 48.7 Å². The number of pyridine rings is 1. The number of nitrogens with two attached hydrogens (primary N) is 1. The fourth-order valence-electron chi connectivity index (χ4n) is 2.44. The van der Waals surface area contributed by atoms with Crippen LogP contribution in [0.4, 0.5) is 5.69 Å². The predicted molar refractivity (Wildman–Crippen MR) is 77.0 cm³/mol. The first-order valence-corrected chi connectivity index (χ1v) is 6.19. The van der Waals surface area contributed by atoms with Crippen LogP contribution in [-0.2, 0) is 0 Å². The van der Waals surface area contributed by atoms with Crippen LogP contribution in [0.3, 0.4) is 0 Å². The summed E-state index contributed by atoms with van der Waals surface area (Å²) in [4.78, 5) is 4.46. The van der Waals surface area contributed by atoms with Crippen LogP contribution in [0.25, 0.3) is 33.1 Å². The predicted octanol–water partition coefficient (Wildman–Crippen LogP) is 3.02. The number of benzene rings is 2. The van der Waals surface area contributed by atoms with Crippen LogP contribution in [0, 0.1) is 0 Å².